The number of ketones is 1. The standard InChI is InChI=1S/C14H18O/c1-5-6-14-7-10(2)11(14)8-13(3,4)9-12(14)15/h5,8H,1-2,6-7,9H2,3-4H3. The molecule has 2 aliphatic rings. The Balaban J connectivity index is 2.46. The number of fused-ring (bicyclic) bond motifs is 1. The summed E-state index contributed by atoms with van der Waals surface area (Å²) in [6.07, 6.45) is 6.35. The highest BCUT2D eigenvalue weighted by Gasteiger charge is 2.53. The summed E-state index contributed by atoms with van der Waals surface area (Å²) in [4.78, 5) is 12.2. The van der Waals surface area contributed by atoms with Crippen molar-refractivity contribution in [2.45, 2.75) is 33.1 Å². The first-order valence-corrected chi connectivity index (χ1v) is 5.47. The highest BCUT2D eigenvalue weighted by molar-refractivity contribution is 5.94. The van der Waals surface area contributed by atoms with Crippen molar-refractivity contribution in [2.75, 3.05) is 0 Å². The lowest BCUT2D eigenvalue weighted by Gasteiger charge is -2.50. The Morgan fingerprint density at radius 3 is 2.67 bits per heavy atom. The first kappa shape index (κ1) is 10.4. The van der Waals surface area contributed by atoms with E-state index in [1.165, 1.54) is 5.57 Å². The summed E-state index contributed by atoms with van der Waals surface area (Å²) in [5.41, 5.74) is 2.08. The van der Waals surface area contributed by atoms with Gasteiger partial charge in [-0.1, -0.05) is 32.6 Å². The second-order valence-electron chi connectivity index (χ2n) is 5.50. The molecule has 0 spiro atoms. The first-order chi connectivity index (χ1) is 6.91. The minimum Gasteiger partial charge on any atom is -0.299 e. The quantitative estimate of drug-likeness (QED) is 0.627. The molecule has 0 aromatic heterocycles. The lowest BCUT2D eigenvalue weighted by molar-refractivity contribution is -0.130. The summed E-state index contributed by atoms with van der Waals surface area (Å²) in [6, 6.07) is 0. The fourth-order valence-electron chi connectivity index (χ4n) is 2.84. The summed E-state index contributed by atoms with van der Waals surface area (Å²) >= 11 is 0. The minimum atomic E-state index is -0.242. The minimum absolute atomic E-state index is 0.000443. The number of hydrogen-bond acceptors (Lipinski definition) is 1. The van der Waals surface area contributed by atoms with Crippen LogP contribution in [0.2, 0.25) is 0 Å². The van der Waals surface area contributed by atoms with Crippen molar-refractivity contribution in [1.29, 1.82) is 0 Å². The molecular weight excluding hydrogens is 184 g/mol. The van der Waals surface area contributed by atoms with E-state index in [1.54, 1.807) is 0 Å². The summed E-state index contributed by atoms with van der Waals surface area (Å²) in [5.74, 6) is 0.373. The normalized spacial score (nSPS) is 32.8. The first-order valence-electron chi connectivity index (χ1n) is 5.47. The summed E-state index contributed by atoms with van der Waals surface area (Å²) < 4.78 is 0. The second kappa shape index (κ2) is 2.94. The van der Waals surface area contributed by atoms with Crippen LogP contribution >= 0.6 is 0 Å². The van der Waals surface area contributed by atoms with E-state index in [-0.39, 0.29) is 10.8 Å². The van der Waals surface area contributed by atoms with Gasteiger partial charge in [-0.3, -0.25) is 4.79 Å². The lowest BCUT2D eigenvalue weighted by atomic mass is 9.52. The third-order valence-corrected chi connectivity index (χ3v) is 3.59. The molecule has 1 nitrogen and oxygen atoms in total. The molecule has 1 saturated carbocycles. The van der Waals surface area contributed by atoms with Gasteiger partial charge < -0.3 is 0 Å². The number of carbonyl (C=O) groups excluding carboxylic acids is 1. The van der Waals surface area contributed by atoms with Crippen molar-refractivity contribution in [3.63, 3.8) is 0 Å². The molecule has 0 N–H and O–H groups in total. The summed E-state index contributed by atoms with van der Waals surface area (Å²) in [6.45, 7) is 12.0. The van der Waals surface area contributed by atoms with E-state index in [1.807, 2.05) is 6.08 Å². The Labute approximate surface area is 91.6 Å². The number of Topliss-reactive ketones (excluding diaryl/α,β-unsaturated/α-hetero) is 1. The molecule has 2 aliphatic carbocycles. The molecule has 0 aromatic carbocycles. The van der Waals surface area contributed by atoms with E-state index in [2.05, 4.69) is 33.1 Å². The molecule has 0 aliphatic heterocycles. The Morgan fingerprint density at radius 2 is 2.13 bits per heavy atom. The van der Waals surface area contributed by atoms with Crippen LogP contribution in [0.4, 0.5) is 0 Å². The van der Waals surface area contributed by atoms with Gasteiger partial charge >= 0.3 is 0 Å². The van der Waals surface area contributed by atoms with Crippen LogP contribution in [0.5, 0.6) is 0 Å². The van der Waals surface area contributed by atoms with E-state index in [0.29, 0.717) is 12.2 Å². The Kier molecular flexibility index (Phi) is 2.04. The van der Waals surface area contributed by atoms with E-state index >= 15 is 0 Å². The molecule has 2 rings (SSSR count). The third kappa shape index (κ3) is 1.33. The molecule has 0 bridgehead atoms. The topological polar surface area (TPSA) is 17.1 Å². The summed E-state index contributed by atoms with van der Waals surface area (Å²) in [7, 11) is 0. The van der Waals surface area contributed by atoms with Gasteiger partial charge in [-0.05, 0) is 29.4 Å². The van der Waals surface area contributed by atoms with Crippen LogP contribution in [-0.2, 0) is 4.79 Å². The SMILES string of the molecule is C=CCC12CC(=C)C1=CC(C)(C)CC2=O. The van der Waals surface area contributed by atoms with Crippen molar-refractivity contribution in [3.05, 3.63) is 36.5 Å². The summed E-state index contributed by atoms with van der Waals surface area (Å²) in [5, 5.41) is 0. The average Bonchev–Trinajstić information content (AvgIpc) is 2.11. The molecule has 1 unspecified atom stereocenters. The fraction of sp³-hybridized carbons (Fsp3) is 0.500. The van der Waals surface area contributed by atoms with Crippen molar-refractivity contribution >= 4 is 5.78 Å². The fourth-order valence-corrected chi connectivity index (χ4v) is 2.84. The number of rotatable bonds is 2. The molecule has 80 valence electrons. The lowest BCUT2D eigenvalue weighted by Crippen LogP contribution is -2.47. The van der Waals surface area contributed by atoms with Crippen LogP contribution in [0.3, 0.4) is 0 Å². The molecule has 0 heterocycles. The maximum atomic E-state index is 12.2. The van der Waals surface area contributed by atoms with Crippen molar-refractivity contribution in [3.8, 4) is 0 Å². The molecule has 0 radical (unpaired) electrons. The van der Waals surface area contributed by atoms with Crippen LogP contribution < -0.4 is 0 Å². The zero-order valence-corrected chi connectivity index (χ0v) is 9.60. The molecule has 0 aromatic rings. The Bertz CT molecular complexity index is 380. The zero-order chi connectivity index (χ0) is 11.3. The van der Waals surface area contributed by atoms with Gasteiger partial charge in [-0.15, -0.1) is 6.58 Å². The highest BCUT2D eigenvalue weighted by atomic mass is 16.1. The average molecular weight is 202 g/mol. The maximum absolute atomic E-state index is 12.2. The van der Waals surface area contributed by atoms with Crippen LogP contribution in [0.1, 0.15) is 33.1 Å². The molecule has 0 amide bonds. The number of hydrogen-bond donors (Lipinski definition) is 0. The van der Waals surface area contributed by atoms with Gasteiger partial charge in [0.25, 0.3) is 0 Å². The maximum Gasteiger partial charge on any atom is 0.144 e. The van der Waals surface area contributed by atoms with Gasteiger partial charge in [0, 0.05) is 6.42 Å². The molecule has 15 heavy (non-hydrogen) atoms. The van der Waals surface area contributed by atoms with Gasteiger partial charge in [0.05, 0.1) is 5.41 Å². The van der Waals surface area contributed by atoms with Crippen molar-refractivity contribution in [1.82, 2.24) is 0 Å². The van der Waals surface area contributed by atoms with Crippen LogP contribution in [0.15, 0.2) is 36.5 Å². The molecule has 0 saturated heterocycles. The van der Waals surface area contributed by atoms with Crippen LogP contribution in [0, 0.1) is 10.8 Å². The molecule has 1 atom stereocenters. The van der Waals surface area contributed by atoms with Crippen molar-refractivity contribution < 1.29 is 4.79 Å². The van der Waals surface area contributed by atoms with Gasteiger partial charge in [-0.25, -0.2) is 0 Å². The molecule has 1 fully saturated rings. The van der Waals surface area contributed by atoms with Crippen LogP contribution in [0.25, 0.3) is 0 Å². The third-order valence-electron chi connectivity index (χ3n) is 3.59. The largest absolute Gasteiger partial charge is 0.299 e. The van der Waals surface area contributed by atoms with E-state index in [9.17, 15) is 4.79 Å². The molecule has 1 heteroatoms. The second-order valence-corrected chi connectivity index (χ2v) is 5.50. The Morgan fingerprint density at radius 1 is 1.47 bits per heavy atom. The smallest absolute Gasteiger partial charge is 0.144 e. The van der Waals surface area contributed by atoms with Gasteiger partial charge in [0.15, 0.2) is 0 Å². The van der Waals surface area contributed by atoms with Gasteiger partial charge in [-0.2, -0.15) is 0 Å². The predicted molar refractivity (Wildman–Crippen MR) is 62.5 cm³/mol. The monoisotopic (exact) mass is 202 g/mol. The molecular formula is C14H18O. The van der Waals surface area contributed by atoms with E-state index < -0.39 is 0 Å². The van der Waals surface area contributed by atoms with E-state index in [0.717, 1.165) is 18.4 Å². The number of allylic oxidation sites excluding steroid dienone is 4. The van der Waals surface area contributed by atoms with Crippen LogP contribution in [-0.4, -0.2) is 5.78 Å². The van der Waals surface area contributed by atoms with Gasteiger partial charge in [0.1, 0.15) is 5.78 Å². The number of carbonyl (C=O) groups is 1. The zero-order valence-electron chi connectivity index (χ0n) is 9.60. The highest BCUT2D eigenvalue weighted by Crippen LogP contribution is 2.58. The van der Waals surface area contributed by atoms with Gasteiger partial charge in [0.2, 0.25) is 0 Å². The van der Waals surface area contributed by atoms with Crippen molar-refractivity contribution in [2.24, 2.45) is 10.8 Å². The van der Waals surface area contributed by atoms with E-state index in [4.69, 9.17) is 0 Å². The predicted octanol–water partition coefficient (Wildman–Crippen LogP) is 3.43. The Hall–Kier alpha value is -1.11.